The summed E-state index contributed by atoms with van der Waals surface area (Å²) in [4.78, 5) is 0. The fraction of sp³-hybridized carbons (Fsp3) is 0.176. The van der Waals surface area contributed by atoms with Crippen LogP contribution in [0.2, 0.25) is 0 Å². The molecule has 1 aliphatic carbocycles. The molecule has 2 aromatic rings. The third kappa shape index (κ3) is 1.82. The van der Waals surface area contributed by atoms with E-state index >= 15 is 0 Å². The van der Waals surface area contributed by atoms with Crippen molar-refractivity contribution in [3.63, 3.8) is 0 Å². The molecule has 0 N–H and O–H groups in total. The van der Waals surface area contributed by atoms with Gasteiger partial charge in [0.25, 0.3) is 0 Å². The van der Waals surface area contributed by atoms with Gasteiger partial charge in [-0.2, -0.15) is 0 Å². The number of hydrogen-bond acceptors (Lipinski definition) is 1. The second-order valence-corrected chi connectivity index (χ2v) is 4.51. The summed E-state index contributed by atoms with van der Waals surface area (Å²) in [6, 6.07) is 16.9. The second kappa shape index (κ2) is 4.69. The average Bonchev–Trinajstić information content (AvgIpc) is 2.47. The predicted molar refractivity (Wildman–Crippen MR) is 74.8 cm³/mol. The summed E-state index contributed by atoms with van der Waals surface area (Å²) in [5.74, 6) is 1.01. The summed E-state index contributed by atoms with van der Waals surface area (Å²) in [5.41, 5.74) is 5.26. The van der Waals surface area contributed by atoms with Gasteiger partial charge in [-0.25, -0.2) is 0 Å². The highest BCUT2D eigenvalue weighted by molar-refractivity contribution is 5.83. The van der Waals surface area contributed by atoms with Gasteiger partial charge >= 0.3 is 0 Å². The highest BCUT2D eigenvalue weighted by atomic mass is 16.5. The van der Waals surface area contributed by atoms with E-state index in [1.165, 1.54) is 22.3 Å². The number of methoxy groups -OCH3 is 1. The van der Waals surface area contributed by atoms with Gasteiger partial charge in [0.05, 0.1) is 7.11 Å². The van der Waals surface area contributed by atoms with Crippen molar-refractivity contribution in [3.8, 4) is 5.75 Å². The van der Waals surface area contributed by atoms with Crippen LogP contribution in [0.4, 0.5) is 0 Å². The van der Waals surface area contributed by atoms with Crippen LogP contribution in [0.25, 0.3) is 5.57 Å². The Hall–Kier alpha value is -2.02. The number of rotatable bonds is 2. The first-order chi connectivity index (χ1) is 8.90. The monoisotopic (exact) mass is 236 g/mol. The molecule has 0 heterocycles. The lowest BCUT2D eigenvalue weighted by Crippen LogP contribution is -2.03. The summed E-state index contributed by atoms with van der Waals surface area (Å²) in [7, 11) is 1.75. The molecule has 0 radical (unpaired) electrons. The van der Waals surface area contributed by atoms with Gasteiger partial charge in [0.2, 0.25) is 0 Å². The zero-order chi connectivity index (χ0) is 12.4. The molecule has 0 unspecified atom stereocenters. The van der Waals surface area contributed by atoms with E-state index < -0.39 is 0 Å². The van der Waals surface area contributed by atoms with E-state index in [4.69, 9.17) is 4.74 Å². The summed E-state index contributed by atoms with van der Waals surface area (Å²) in [6.07, 6.45) is 4.48. The summed E-state index contributed by atoms with van der Waals surface area (Å²) >= 11 is 0. The molecule has 3 rings (SSSR count). The van der Waals surface area contributed by atoms with E-state index in [1.54, 1.807) is 7.11 Å². The zero-order valence-corrected chi connectivity index (χ0v) is 10.5. The quantitative estimate of drug-likeness (QED) is 0.763. The molecule has 90 valence electrons. The van der Waals surface area contributed by atoms with E-state index in [-0.39, 0.29) is 0 Å². The summed E-state index contributed by atoms with van der Waals surface area (Å²) < 4.78 is 5.47. The Labute approximate surface area is 108 Å². The fourth-order valence-corrected chi connectivity index (χ4v) is 2.63. The molecule has 0 saturated carbocycles. The van der Waals surface area contributed by atoms with Gasteiger partial charge in [-0.3, -0.25) is 0 Å². The van der Waals surface area contributed by atoms with Gasteiger partial charge in [-0.05, 0) is 35.6 Å². The van der Waals surface area contributed by atoms with Crippen molar-refractivity contribution in [2.24, 2.45) is 0 Å². The van der Waals surface area contributed by atoms with Gasteiger partial charge in [0.1, 0.15) is 5.75 Å². The van der Waals surface area contributed by atoms with Crippen LogP contribution in [0.1, 0.15) is 23.1 Å². The predicted octanol–water partition coefficient (Wildman–Crippen LogP) is 4.07. The normalized spacial score (nSPS) is 13.7. The SMILES string of the molecule is COc1cccc2c1CCC=C2c1ccccc1. The topological polar surface area (TPSA) is 9.23 Å². The lowest BCUT2D eigenvalue weighted by atomic mass is 9.86. The lowest BCUT2D eigenvalue weighted by molar-refractivity contribution is 0.409. The number of benzene rings is 2. The fourth-order valence-electron chi connectivity index (χ4n) is 2.63. The molecule has 18 heavy (non-hydrogen) atoms. The van der Waals surface area contributed by atoms with Gasteiger partial charge in [0.15, 0.2) is 0 Å². The van der Waals surface area contributed by atoms with Crippen LogP contribution in [-0.2, 0) is 6.42 Å². The molecular weight excluding hydrogens is 220 g/mol. The molecule has 0 aliphatic heterocycles. The Balaban J connectivity index is 2.14. The zero-order valence-electron chi connectivity index (χ0n) is 10.5. The highest BCUT2D eigenvalue weighted by Crippen LogP contribution is 2.36. The second-order valence-electron chi connectivity index (χ2n) is 4.51. The van der Waals surface area contributed by atoms with Crippen molar-refractivity contribution < 1.29 is 4.74 Å². The van der Waals surface area contributed by atoms with Gasteiger partial charge in [-0.1, -0.05) is 48.5 Å². The minimum atomic E-state index is 1.01. The van der Waals surface area contributed by atoms with Crippen LogP contribution in [0.3, 0.4) is 0 Å². The molecule has 1 heteroatoms. The molecule has 1 aliphatic rings. The Morgan fingerprint density at radius 3 is 2.56 bits per heavy atom. The van der Waals surface area contributed by atoms with Crippen molar-refractivity contribution in [3.05, 3.63) is 71.3 Å². The first-order valence-corrected chi connectivity index (χ1v) is 6.32. The maximum Gasteiger partial charge on any atom is 0.122 e. The minimum absolute atomic E-state index is 1.01. The molecule has 2 aromatic carbocycles. The number of ether oxygens (including phenoxy) is 1. The van der Waals surface area contributed by atoms with Crippen LogP contribution in [0.15, 0.2) is 54.6 Å². The number of hydrogen-bond donors (Lipinski definition) is 0. The van der Waals surface area contributed by atoms with Crippen LogP contribution in [-0.4, -0.2) is 7.11 Å². The smallest absolute Gasteiger partial charge is 0.122 e. The number of allylic oxidation sites excluding steroid dienone is 1. The van der Waals surface area contributed by atoms with E-state index in [1.807, 2.05) is 6.07 Å². The molecule has 0 fully saturated rings. The van der Waals surface area contributed by atoms with Crippen LogP contribution >= 0.6 is 0 Å². The number of fused-ring (bicyclic) bond motifs is 1. The maximum absolute atomic E-state index is 5.47. The van der Waals surface area contributed by atoms with Crippen molar-refractivity contribution in [1.29, 1.82) is 0 Å². The molecule has 0 amide bonds. The third-order valence-corrected chi connectivity index (χ3v) is 3.47. The Kier molecular flexibility index (Phi) is 2.89. The molecule has 0 bridgehead atoms. The maximum atomic E-state index is 5.47. The summed E-state index contributed by atoms with van der Waals surface area (Å²) in [6.45, 7) is 0. The van der Waals surface area contributed by atoms with E-state index in [0.717, 1.165) is 18.6 Å². The lowest BCUT2D eigenvalue weighted by Gasteiger charge is -2.20. The van der Waals surface area contributed by atoms with Crippen LogP contribution in [0.5, 0.6) is 5.75 Å². The molecule has 0 spiro atoms. The standard InChI is InChI=1S/C17H16O/c1-18-17-12-6-10-15-14(9-5-11-16(15)17)13-7-3-2-4-8-13/h2-4,6-10,12H,5,11H2,1H3. The summed E-state index contributed by atoms with van der Waals surface area (Å²) in [5, 5.41) is 0. The Morgan fingerprint density at radius 2 is 1.78 bits per heavy atom. The minimum Gasteiger partial charge on any atom is -0.496 e. The van der Waals surface area contributed by atoms with Crippen molar-refractivity contribution >= 4 is 5.57 Å². The van der Waals surface area contributed by atoms with Crippen molar-refractivity contribution in [1.82, 2.24) is 0 Å². The van der Waals surface area contributed by atoms with Gasteiger partial charge in [0, 0.05) is 5.56 Å². The first-order valence-electron chi connectivity index (χ1n) is 6.32. The molecular formula is C17H16O. The molecule has 1 nitrogen and oxygen atoms in total. The largest absolute Gasteiger partial charge is 0.496 e. The van der Waals surface area contributed by atoms with E-state index in [9.17, 15) is 0 Å². The third-order valence-electron chi connectivity index (χ3n) is 3.47. The van der Waals surface area contributed by atoms with Gasteiger partial charge in [-0.15, -0.1) is 0 Å². The van der Waals surface area contributed by atoms with Crippen LogP contribution < -0.4 is 4.74 Å². The highest BCUT2D eigenvalue weighted by Gasteiger charge is 2.16. The van der Waals surface area contributed by atoms with Crippen molar-refractivity contribution in [2.45, 2.75) is 12.8 Å². The van der Waals surface area contributed by atoms with Crippen LogP contribution in [0, 0.1) is 0 Å². The molecule has 0 atom stereocenters. The first kappa shape index (κ1) is 11.1. The van der Waals surface area contributed by atoms with E-state index in [2.05, 4.69) is 48.5 Å². The van der Waals surface area contributed by atoms with Gasteiger partial charge < -0.3 is 4.74 Å². The average molecular weight is 236 g/mol. The Bertz CT molecular complexity index is 582. The van der Waals surface area contributed by atoms with Crippen molar-refractivity contribution in [2.75, 3.05) is 7.11 Å². The van der Waals surface area contributed by atoms with E-state index in [0.29, 0.717) is 0 Å². The molecule has 0 aromatic heterocycles. The Morgan fingerprint density at radius 1 is 0.944 bits per heavy atom. The molecule has 0 saturated heterocycles.